The molecule has 2 aliphatic rings. The molecule has 4 heterocycles. The van der Waals surface area contributed by atoms with Gasteiger partial charge in [-0.3, -0.25) is 14.6 Å². The Labute approximate surface area is 249 Å². The highest BCUT2D eigenvalue weighted by atomic mass is 35.5. The van der Waals surface area contributed by atoms with Gasteiger partial charge in [0.05, 0.1) is 22.7 Å². The van der Waals surface area contributed by atoms with Gasteiger partial charge in [-0.2, -0.15) is 17.6 Å². The molecule has 1 atom stereocenters. The Hall–Kier alpha value is -3.07. The molecule has 42 heavy (non-hydrogen) atoms. The van der Waals surface area contributed by atoms with E-state index in [1.165, 1.54) is 29.8 Å². The molecule has 0 spiro atoms. The molecule has 0 radical (unpaired) electrons. The summed E-state index contributed by atoms with van der Waals surface area (Å²) in [7, 11) is 0. The molecule has 0 bridgehead atoms. The Morgan fingerprint density at radius 2 is 1.95 bits per heavy atom. The first-order valence-corrected chi connectivity index (χ1v) is 14.8. The molecule has 2 saturated heterocycles. The normalized spacial score (nSPS) is 18.5. The number of carboxylic acids is 1. The molecule has 15 heteroatoms. The Bertz CT molecular complexity index is 1430. The number of thiazole rings is 1. The Kier molecular flexibility index (Phi) is 9.16. The van der Waals surface area contributed by atoms with E-state index in [1.54, 1.807) is 4.90 Å². The average molecular weight is 628 g/mol. The van der Waals surface area contributed by atoms with Crippen LogP contribution in [0.4, 0.5) is 34.3 Å². The third-order valence-corrected chi connectivity index (χ3v) is 8.88. The zero-order chi connectivity index (χ0) is 30.0. The van der Waals surface area contributed by atoms with Crippen LogP contribution in [0.2, 0.25) is 5.02 Å². The Morgan fingerprint density at radius 1 is 1.19 bits per heavy atom. The number of nitrogens with zero attached hydrogens (tertiary/aromatic N) is 6. The molecule has 2 aromatic heterocycles. The molecule has 9 nitrogen and oxygen atoms in total. The number of rotatable bonds is 9. The summed E-state index contributed by atoms with van der Waals surface area (Å²) in [5.74, 6) is -1.52. The van der Waals surface area contributed by atoms with Gasteiger partial charge >= 0.3 is 12.1 Å². The topological polar surface area (TPSA) is 97.7 Å². The summed E-state index contributed by atoms with van der Waals surface area (Å²) in [4.78, 5) is 30.4. The number of halogens is 5. The van der Waals surface area contributed by atoms with Crippen molar-refractivity contribution in [1.82, 2.24) is 24.8 Å². The molecule has 2 fully saturated rings. The summed E-state index contributed by atoms with van der Waals surface area (Å²) in [6, 6.07) is 4.04. The lowest BCUT2D eigenvalue weighted by Gasteiger charge is -2.35. The zero-order valence-electron chi connectivity index (χ0n) is 22.8. The number of anilines is 3. The molecule has 0 aliphatic carbocycles. The van der Waals surface area contributed by atoms with Crippen LogP contribution in [0.5, 0.6) is 0 Å². The van der Waals surface area contributed by atoms with E-state index in [4.69, 9.17) is 16.7 Å². The number of aromatic nitrogens is 3. The van der Waals surface area contributed by atoms with E-state index in [1.807, 2.05) is 4.90 Å². The minimum Gasteiger partial charge on any atom is -0.481 e. The smallest absolute Gasteiger partial charge is 0.417 e. The summed E-state index contributed by atoms with van der Waals surface area (Å²) in [5.41, 5.74) is -0.308. The van der Waals surface area contributed by atoms with Gasteiger partial charge in [0, 0.05) is 55.8 Å². The van der Waals surface area contributed by atoms with E-state index in [0.717, 1.165) is 30.3 Å². The van der Waals surface area contributed by atoms with Gasteiger partial charge in [0.15, 0.2) is 16.8 Å². The largest absolute Gasteiger partial charge is 0.481 e. The lowest BCUT2D eigenvalue weighted by Crippen LogP contribution is -2.47. The van der Waals surface area contributed by atoms with Crippen molar-refractivity contribution in [3.8, 4) is 11.3 Å². The first kappa shape index (κ1) is 30.4. The van der Waals surface area contributed by atoms with E-state index in [9.17, 15) is 18.0 Å². The molecule has 226 valence electrons. The van der Waals surface area contributed by atoms with Crippen LogP contribution in [0.3, 0.4) is 0 Å². The van der Waals surface area contributed by atoms with Crippen LogP contribution in [0, 0.1) is 5.82 Å². The number of nitrogens with one attached hydrogen (secondary N) is 1. The fourth-order valence-electron chi connectivity index (χ4n) is 5.25. The van der Waals surface area contributed by atoms with Gasteiger partial charge in [-0.25, -0.2) is 15.0 Å². The number of likely N-dealkylation sites (tertiary alicyclic amines) is 1. The van der Waals surface area contributed by atoms with Crippen LogP contribution in [0.15, 0.2) is 24.5 Å². The minimum absolute atomic E-state index is 0.0396. The fourth-order valence-corrected chi connectivity index (χ4v) is 6.48. The van der Waals surface area contributed by atoms with Crippen LogP contribution in [0.25, 0.3) is 11.3 Å². The van der Waals surface area contributed by atoms with Crippen molar-refractivity contribution in [2.75, 3.05) is 49.5 Å². The monoisotopic (exact) mass is 627 g/mol. The number of hydrogen-bond acceptors (Lipinski definition) is 9. The lowest BCUT2D eigenvalue weighted by molar-refractivity contribution is -0.138. The van der Waals surface area contributed by atoms with E-state index in [-0.39, 0.29) is 28.8 Å². The van der Waals surface area contributed by atoms with Crippen molar-refractivity contribution in [2.45, 2.75) is 44.9 Å². The molecule has 2 aliphatic heterocycles. The number of piperazine rings is 1. The summed E-state index contributed by atoms with van der Waals surface area (Å²) < 4.78 is 56.5. The van der Waals surface area contributed by atoms with Crippen molar-refractivity contribution in [1.29, 1.82) is 0 Å². The number of carboxylic acid groups (broad SMARTS) is 1. The highest BCUT2D eigenvalue weighted by molar-refractivity contribution is 7.16. The summed E-state index contributed by atoms with van der Waals surface area (Å²) >= 11 is 7.11. The summed E-state index contributed by atoms with van der Waals surface area (Å²) in [5, 5.41) is 11.7. The Balaban J connectivity index is 1.40. The zero-order valence-corrected chi connectivity index (χ0v) is 24.4. The van der Waals surface area contributed by atoms with E-state index in [0.29, 0.717) is 51.0 Å². The number of benzene rings is 1. The van der Waals surface area contributed by atoms with Gasteiger partial charge in [0.1, 0.15) is 6.33 Å². The molecular weight excluding hydrogens is 598 g/mol. The van der Waals surface area contributed by atoms with Crippen LogP contribution >= 0.6 is 22.9 Å². The van der Waals surface area contributed by atoms with Crippen molar-refractivity contribution in [3.63, 3.8) is 0 Å². The molecule has 2 N–H and O–H groups in total. The van der Waals surface area contributed by atoms with Gasteiger partial charge in [-0.05, 0) is 38.4 Å². The average Bonchev–Trinajstić information content (AvgIpc) is 3.54. The van der Waals surface area contributed by atoms with Gasteiger partial charge in [-0.15, -0.1) is 0 Å². The third-order valence-electron chi connectivity index (χ3n) is 7.59. The standard InChI is InChI=1S/C27H30ClF4N7O2S/c1-16-3-2-7-39(16)14-20-23(17-4-5-19(28)18(13-17)27(30,31)32)35-26(42-20)36-24-22(29)25(34-15-33-24)38-11-9-37(10-12-38)8-6-21(40)41/h4-5,13,15-16H,2-3,6-12,14H2,1H3,(H,40,41)(H,33,34,35,36)/t16-/m1/s1. The maximum absolute atomic E-state index is 15.6. The SMILES string of the molecule is C[C@@H]1CCCN1Cc1sc(Nc2ncnc(N3CCN(CCC(=O)O)CC3)c2F)nc1-c1ccc(Cl)c(C(F)(F)F)c1. The molecule has 0 amide bonds. The first-order chi connectivity index (χ1) is 20.0. The van der Waals surface area contributed by atoms with Gasteiger partial charge in [0.25, 0.3) is 0 Å². The molecule has 3 aromatic rings. The molecule has 1 aromatic carbocycles. The second kappa shape index (κ2) is 12.7. The predicted molar refractivity (Wildman–Crippen MR) is 153 cm³/mol. The molecule has 0 unspecified atom stereocenters. The lowest BCUT2D eigenvalue weighted by atomic mass is 10.1. The number of carbonyl (C=O) groups is 1. The quantitative estimate of drug-likeness (QED) is 0.288. The molecule has 5 rings (SSSR count). The maximum atomic E-state index is 15.6. The number of alkyl halides is 3. The van der Waals surface area contributed by atoms with Crippen molar-refractivity contribution in [3.05, 3.63) is 45.8 Å². The first-order valence-electron chi connectivity index (χ1n) is 13.6. The van der Waals surface area contributed by atoms with Crippen LogP contribution in [0.1, 0.15) is 36.6 Å². The van der Waals surface area contributed by atoms with Crippen LogP contribution < -0.4 is 10.2 Å². The number of hydrogen-bond donors (Lipinski definition) is 2. The highest BCUT2D eigenvalue weighted by Gasteiger charge is 2.34. The van der Waals surface area contributed by atoms with E-state index >= 15 is 4.39 Å². The van der Waals surface area contributed by atoms with Crippen molar-refractivity contribution >= 4 is 45.7 Å². The highest BCUT2D eigenvalue weighted by Crippen LogP contribution is 2.40. The second-order valence-electron chi connectivity index (χ2n) is 10.4. The van der Waals surface area contributed by atoms with Crippen molar-refractivity contribution < 1.29 is 27.5 Å². The van der Waals surface area contributed by atoms with E-state index < -0.39 is 28.5 Å². The fraction of sp³-hybridized carbons (Fsp3) is 0.481. The van der Waals surface area contributed by atoms with Crippen LogP contribution in [-0.2, 0) is 17.5 Å². The number of aliphatic carboxylic acids is 1. The minimum atomic E-state index is -4.63. The molecule has 0 saturated carbocycles. The Morgan fingerprint density at radius 3 is 2.62 bits per heavy atom. The second-order valence-corrected chi connectivity index (χ2v) is 11.9. The van der Waals surface area contributed by atoms with E-state index in [2.05, 4.69) is 32.1 Å². The third kappa shape index (κ3) is 6.93. The van der Waals surface area contributed by atoms with Crippen LogP contribution in [-0.4, -0.2) is 81.1 Å². The van der Waals surface area contributed by atoms with Gasteiger partial charge in [0.2, 0.25) is 5.82 Å². The van der Waals surface area contributed by atoms with Gasteiger partial charge in [-0.1, -0.05) is 29.0 Å². The maximum Gasteiger partial charge on any atom is 0.417 e. The van der Waals surface area contributed by atoms with Crippen molar-refractivity contribution in [2.24, 2.45) is 0 Å². The summed E-state index contributed by atoms with van der Waals surface area (Å²) in [6.07, 6.45) is -1.29. The predicted octanol–water partition coefficient (Wildman–Crippen LogP) is 5.74. The van der Waals surface area contributed by atoms with Gasteiger partial charge < -0.3 is 15.3 Å². The molecular formula is C27H30ClF4N7O2S. The summed E-state index contributed by atoms with van der Waals surface area (Å²) in [6.45, 7) is 5.94.